The van der Waals surface area contributed by atoms with Crippen molar-refractivity contribution in [2.24, 2.45) is 5.92 Å². The molecule has 0 unspecified atom stereocenters. The fourth-order valence-electron chi connectivity index (χ4n) is 1.36. The van der Waals surface area contributed by atoms with Gasteiger partial charge in [0, 0.05) is 19.7 Å². The molecule has 1 rings (SSSR count). The minimum atomic E-state index is 0.737. The first-order valence-corrected chi connectivity index (χ1v) is 6.94. The van der Waals surface area contributed by atoms with E-state index < -0.39 is 0 Å². The highest BCUT2D eigenvalue weighted by molar-refractivity contribution is 7.08. The molecule has 0 saturated heterocycles. The Morgan fingerprint density at radius 1 is 1.31 bits per heavy atom. The van der Waals surface area contributed by atoms with Crippen molar-refractivity contribution in [3.8, 4) is 0 Å². The summed E-state index contributed by atoms with van der Waals surface area (Å²) in [6.07, 6.45) is 1.16. The monoisotopic (exact) mass is 241 g/mol. The zero-order valence-electron chi connectivity index (χ0n) is 10.6. The van der Waals surface area contributed by atoms with E-state index in [9.17, 15) is 0 Å². The van der Waals surface area contributed by atoms with Crippen LogP contribution in [0.3, 0.4) is 0 Å². The highest BCUT2D eigenvalue weighted by Gasteiger charge is 1.98. The maximum Gasteiger partial charge on any atom is 0.0591 e. The lowest BCUT2D eigenvalue weighted by Gasteiger charge is -2.07. The van der Waals surface area contributed by atoms with E-state index in [1.54, 1.807) is 11.3 Å². The van der Waals surface area contributed by atoms with Crippen LogP contribution >= 0.6 is 11.3 Å². The van der Waals surface area contributed by atoms with Crippen molar-refractivity contribution in [1.29, 1.82) is 0 Å². The van der Waals surface area contributed by atoms with E-state index in [4.69, 9.17) is 4.74 Å². The summed E-state index contributed by atoms with van der Waals surface area (Å²) in [5.74, 6) is 0.737. The fraction of sp³-hybridized carbons (Fsp3) is 0.692. The van der Waals surface area contributed by atoms with Crippen molar-refractivity contribution in [2.45, 2.75) is 33.7 Å². The fourth-order valence-corrected chi connectivity index (χ4v) is 2.21. The molecule has 0 amide bonds. The molecule has 92 valence electrons. The van der Waals surface area contributed by atoms with Gasteiger partial charge in [0.15, 0.2) is 0 Å². The van der Waals surface area contributed by atoms with E-state index in [2.05, 4.69) is 36.8 Å². The van der Waals surface area contributed by atoms with Crippen LogP contribution in [0.5, 0.6) is 0 Å². The van der Waals surface area contributed by atoms with Gasteiger partial charge in [0.2, 0.25) is 0 Å². The van der Waals surface area contributed by atoms with Crippen LogP contribution in [0.2, 0.25) is 0 Å². The SMILES string of the molecule is Cc1cscc1CNCCOCCC(C)C. The number of thiophene rings is 1. The second kappa shape index (κ2) is 7.82. The molecular weight excluding hydrogens is 218 g/mol. The van der Waals surface area contributed by atoms with Gasteiger partial charge in [-0.2, -0.15) is 11.3 Å². The lowest BCUT2D eigenvalue weighted by Crippen LogP contribution is -2.19. The van der Waals surface area contributed by atoms with Gasteiger partial charge in [-0.1, -0.05) is 13.8 Å². The van der Waals surface area contributed by atoms with Gasteiger partial charge in [-0.25, -0.2) is 0 Å². The van der Waals surface area contributed by atoms with Crippen molar-refractivity contribution in [1.82, 2.24) is 5.32 Å². The van der Waals surface area contributed by atoms with E-state index in [0.29, 0.717) is 0 Å². The maximum absolute atomic E-state index is 5.53. The van der Waals surface area contributed by atoms with Gasteiger partial charge in [-0.15, -0.1) is 0 Å². The van der Waals surface area contributed by atoms with Crippen LogP contribution in [0.25, 0.3) is 0 Å². The van der Waals surface area contributed by atoms with Gasteiger partial charge < -0.3 is 10.1 Å². The third-order valence-electron chi connectivity index (χ3n) is 2.54. The molecule has 16 heavy (non-hydrogen) atoms. The van der Waals surface area contributed by atoms with Crippen molar-refractivity contribution in [3.63, 3.8) is 0 Å². The van der Waals surface area contributed by atoms with Gasteiger partial charge >= 0.3 is 0 Å². The number of hydrogen-bond acceptors (Lipinski definition) is 3. The van der Waals surface area contributed by atoms with Crippen molar-refractivity contribution in [2.75, 3.05) is 19.8 Å². The summed E-state index contributed by atoms with van der Waals surface area (Å²) >= 11 is 1.77. The van der Waals surface area contributed by atoms with Crippen LogP contribution in [-0.4, -0.2) is 19.8 Å². The summed E-state index contributed by atoms with van der Waals surface area (Å²) in [5, 5.41) is 7.80. The van der Waals surface area contributed by atoms with Crippen molar-refractivity contribution < 1.29 is 4.74 Å². The minimum absolute atomic E-state index is 0.737. The van der Waals surface area contributed by atoms with Crippen LogP contribution in [0.4, 0.5) is 0 Å². The Labute approximate surface area is 103 Å². The number of ether oxygens (including phenoxy) is 1. The zero-order chi connectivity index (χ0) is 11.8. The van der Waals surface area contributed by atoms with Gasteiger partial charge in [0.05, 0.1) is 6.61 Å². The van der Waals surface area contributed by atoms with E-state index in [-0.39, 0.29) is 0 Å². The van der Waals surface area contributed by atoms with Crippen molar-refractivity contribution >= 4 is 11.3 Å². The predicted molar refractivity (Wildman–Crippen MR) is 71.0 cm³/mol. The molecule has 1 aromatic heterocycles. The molecule has 0 aliphatic carbocycles. The minimum Gasteiger partial charge on any atom is -0.380 e. The first kappa shape index (κ1) is 13.7. The van der Waals surface area contributed by atoms with Gasteiger partial charge in [-0.3, -0.25) is 0 Å². The molecule has 0 atom stereocenters. The molecule has 0 bridgehead atoms. The third kappa shape index (κ3) is 5.64. The first-order valence-electron chi connectivity index (χ1n) is 6.00. The quantitative estimate of drug-likeness (QED) is 0.706. The Morgan fingerprint density at radius 2 is 2.12 bits per heavy atom. The molecule has 0 saturated carbocycles. The van der Waals surface area contributed by atoms with Crippen LogP contribution in [0, 0.1) is 12.8 Å². The maximum atomic E-state index is 5.53. The molecule has 1 aromatic rings. The lowest BCUT2D eigenvalue weighted by atomic mass is 10.1. The molecule has 0 radical (unpaired) electrons. The topological polar surface area (TPSA) is 21.3 Å². The molecule has 0 spiro atoms. The molecule has 1 heterocycles. The summed E-state index contributed by atoms with van der Waals surface area (Å²) in [5.41, 5.74) is 2.80. The van der Waals surface area contributed by atoms with E-state index >= 15 is 0 Å². The van der Waals surface area contributed by atoms with Gasteiger partial charge in [0.1, 0.15) is 0 Å². The summed E-state index contributed by atoms with van der Waals surface area (Å²) < 4.78 is 5.53. The molecule has 0 aromatic carbocycles. The van der Waals surface area contributed by atoms with Crippen LogP contribution in [0.1, 0.15) is 31.4 Å². The van der Waals surface area contributed by atoms with E-state index in [0.717, 1.165) is 38.6 Å². The number of nitrogens with one attached hydrogen (secondary N) is 1. The Bertz CT molecular complexity index is 283. The third-order valence-corrected chi connectivity index (χ3v) is 3.45. The van der Waals surface area contributed by atoms with Gasteiger partial charge in [-0.05, 0) is 41.1 Å². The highest BCUT2D eigenvalue weighted by atomic mass is 32.1. The largest absolute Gasteiger partial charge is 0.380 e. The number of hydrogen-bond donors (Lipinski definition) is 1. The predicted octanol–water partition coefficient (Wildman–Crippen LogP) is 3.21. The lowest BCUT2D eigenvalue weighted by molar-refractivity contribution is 0.125. The Kier molecular flexibility index (Phi) is 6.69. The molecule has 0 aliphatic rings. The zero-order valence-corrected chi connectivity index (χ0v) is 11.4. The molecule has 2 nitrogen and oxygen atoms in total. The van der Waals surface area contributed by atoms with Crippen LogP contribution < -0.4 is 5.32 Å². The molecule has 1 N–H and O–H groups in total. The average molecular weight is 241 g/mol. The number of aryl methyl sites for hydroxylation is 1. The second-order valence-corrected chi connectivity index (χ2v) is 5.30. The smallest absolute Gasteiger partial charge is 0.0591 e. The normalized spacial score (nSPS) is 11.2. The molecular formula is C13H23NOS. The molecule has 0 fully saturated rings. The summed E-state index contributed by atoms with van der Waals surface area (Å²) in [6, 6.07) is 0. The Balaban J connectivity index is 1.94. The standard InChI is InChI=1S/C13H23NOS/c1-11(2)4-6-15-7-5-14-8-13-10-16-9-12(13)3/h9-11,14H,4-8H2,1-3H3. The summed E-state index contributed by atoms with van der Waals surface area (Å²) in [4.78, 5) is 0. The summed E-state index contributed by atoms with van der Waals surface area (Å²) in [7, 11) is 0. The average Bonchev–Trinajstić information content (AvgIpc) is 2.62. The van der Waals surface area contributed by atoms with Crippen molar-refractivity contribution in [3.05, 3.63) is 21.9 Å². The van der Waals surface area contributed by atoms with E-state index in [1.165, 1.54) is 11.1 Å². The number of rotatable bonds is 8. The van der Waals surface area contributed by atoms with E-state index in [1.807, 2.05) is 0 Å². The summed E-state index contributed by atoms with van der Waals surface area (Å²) in [6.45, 7) is 10.2. The van der Waals surface area contributed by atoms with Crippen LogP contribution in [0.15, 0.2) is 10.8 Å². The molecule has 0 aliphatic heterocycles. The highest BCUT2D eigenvalue weighted by Crippen LogP contribution is 2.12. The Hall–Kier alpha value is -0.380. The van der Waals surface area contributed by atoms with Gasteiger partial charge in [0.25, 0.3) is 0 Å². The Morgan fingerprint density at radius 3 is 2.75 bits per heavy atom. The second-order valence-electron chi connectivity index (χ2n) is 4.55. The van der Waals surface area contributed by atoms with Crippen LogP contribution in [-0.2, 0) is 11.3 Å². The molecule has 3 heteroatoms. The first-order chi connectivity index (χ1) is 7.70.